The van der Waals surface area contributed by atoms with Crippen LogP contribution in [-0.4, -0.2) is 76.0 Å². The number of hydrogen-bond acceptors (Lipinski definition) is 7. The quantitative estimate of drug-likeness (QED) is 0.476. The lowest BCUT2D eigenvalue weighted by molar-refractivity contribution is -0.122. The molecule has 172 valence electrons. The van der Waals surface area contributed by atoms with Crippen LogP contribution in [0.4, 0.5) is 0 Å². The summed E-state index contributed by atoms with van der Waals surface area (Å²) in [6, 6.07) is 12.1. The monoisotopic (exact) mass is 440 g/mol. The Morgan fingerprint density at radius 3 is 2.16 bits per heavy atom. The molecule has 1 fully saturated rings. The molecule has 0 unspecified atom stereocenters. The van der Waals surface area contributed by atoms with Crippen LogP contribution >= 0.6 is 0 Å². The van der Waals surface area contributed by atoms with Gasteiger partial charge < -0.3 is 14.2 Å². The minimum atomic E-state index is -0.146. The summed E-state index contributed by atoms with van der Waals surface area (Å²) in [7, 11) is 4.69. The number of carbonyl (C=O) groups excluding carboxylic acids is 1. The number of amides is 1. The first kappa shape index (κ1) is 23.6. The summed E-state index contributed by atoms with van der Waals surface area (Å²) in [5.41, 5.74) is 5.87. The van der Waals surface area contributed by atoms with Crippen LogP contribution in [0.5, 0.6) is 17.2 Å². The molecule has 1 saturated heterocycles. The highest BCUT2D eigenvalue weighted by atomic mass is 16.5. The van der Waals surface area contributed by atoms with Crippen molar-refractivity contribution >= 4 is 12.1 Å². The first-order chi connectivity index (χ1) is 15.5. The summed E-state index contributed by atoms with van der Waals surface area (Å²) in [6.45, 7) is 6.94. The Hall–Kier alpha value is -3.10. The average molecular weight is 441 g/mol. The van der Waals surface area contributed by atoms with Crippen molar-refractivity contribution in [1.82, 2.24) is 15.2 Å². The van der Waals surface area contributed by atoms with Gasteiger partial charge in [-0.3, -0.25) is 14.6 Å². The molecule has 1 heterocycles. The van der Waals surface area contributed by atoms with E-state index in [1.54, 1.807) is 33.5 Å². The van der Waals surface area contributed by atoms with Gasteiger partial charge in [-0.2, -0.15) is 5.10 Å². The van der Waals surface area contributed by atoms with Gasteiger partial charge in [-0.05, 0) is 18.6 Å². The minimum Gasteiger partial charge on any atom is -0.496 e. The molecule has 2 aromatic rings. The summed E-state index contributed by atoms with van der Waals surface area (Å²) in [5, 5.41) is 4.09. The van der Waals surface area contributed by atoms with E-state index in [2.05, 4.69) is 51.5 Å². The molecule has 1 aliphatic heterocycles. The second kappa shape index (κ2) is 11.5. The molecule has 0 bridgehead atoms. The lowest BCUT2D eigenvalue weighted by Crippen LogP contribution is -2.48. The van der Waals surface area contributed by atoms with Crippen LogP contribution in [0, 0.1) is 6.92 Å². The van der Waals surface area contributed by atoms with E-state index in [4.69, 9.17) is 14.2 Å². The number of piperazine rings is 1. The van der Waals surface area contributed by atoms with E-state index in [-0.39, 0.29) is 5.91 Å². The zero-order chi connectivity index (χ0) is 22.9. The zero-order valence-corrected chi connectivity index (χ0v) is 19.3. The minimum absolute atomic E-state index is 0.146. The third kappa shape index (κ3) is 6.45. The molecule has 1 amide bonds. The van der Waals surface area contributed by atoms with Crippen LogP contribution in [0.2, 0.25) is 0 Å². The van der Waals surface area contributed by atoms with E-state index in [9.17, 15) is 4.79 Å². The fraction of sp³-hybridized carbons (Fsp3) is 0.417. The molecule has 8 nitrogen and oxygen atoms in total. The van der Waals surface area contributed by atoms with Gasteiger partial charge in [0.15, 0.2) is 11.5 Å². The largest absolute Gasteiger partial charge is 0.496 e. The Kier molecular flexibility index (Phi) is 8.47. The fourth-order valence-corrected chi connectivity index (χ4v) is 3.62. The molecule has 1 N–H and O–H groups in total. The molecule has 0 aromatic heterocycles. The van der Waals surface area contributed by atoms with Crippen LogP contribution in [-0.2, 0) is 11.3 Å². The van der Waals surface area contributed by atoms with E-state index in [1.807, 2.05) is 0 Å². The van der Waals surface area contributed by atoms with E-state index in [0.29, 0.717) is 29.4 Å². The van der Waals surface area contributed by atoms with Crippen molar-refractivity contribution in [2.45, 2.75) is 13.5 Å². The van der Waals surface area contributed by atoms with Gasteiger partial charge in [0.2, 0.25) is 0 Å². The topological polar surface area (TPSA) is 75.6 Å². The molecular formula is C24H32N4O4. The predicted molar refractivity (Wildman–Crippen MR) is 125 cm³/mol. The Labute approximate surface area is 189 Å². The number of hydrogen-bond donors (Lipinski definition) is 1. The highest BCUT2D eigenvalue weighted by molar-refractivity contribution is 5.86. The number of aryl methyl sites for hydroxylation is 1. The molecule has 0 radical (unpaired) electrons. The van der Waals surface area contributed by atoms with Gasteiger partial charge in [-0.25, -0.2) is 5.43 Å². The van der Waals surface area contributed by atoms with E-state index in [1.165, 1.54) is 17.3 Å². The Morgan fingerprint density at radius 2 is 1.53 bits per heavy atom. The molecule has 0 atom stereocenters. The number of ether oxygens (including phenoxy) is 3. The molecule has 32 heavy (non-hydrogen) atoms. The molecule has 0 saturated carbocycles. The van der Waals surface area contributed by atoms with Crippen molar-refractivity contribution in [3.8, 4) is 17.2 Å². The first-order valence-electron chi connectivity index (χ1n) is 10.6. The van der Waals surface area contributed by atoms with Gasteiger partial charge in [-0.1, -0.05) is 29.8 Å². The fourth-order valence-electron chi connectivity index (χ4n) is 3.62. The summed E-state index contributed by atoms with van der Waals surface area (Å²) in [5.74, 6) is 1.55. The zero-order valence-electron chi connectivity index (χ0n) is 19.3. The van der Waals surface area contributed by atoms with Gasteiger partial charge in [-0.15, -0.1) is 0 Å². The van der Waals surface area contributed by atoms with Gasteiger partial charge >= 0.3 is 0 Å². The van der Waals surface area contributed by atoms with Crippen LogP contribution in [0.15, 0.2) is 41.5 Å². The maximum Gasteiger partial charge on any atom is 0.254 e. The number of benzene rings is 2. The van der Waals surface area contributed by atoms with Crippen molar-refractivity contribution in [3.63, 3.8) is 0 Å². The Balaban J connectivity index is 1.46. The summed E-state index contributed by atoms with van der Waals surface area (Å²) in [4.78, 5) is 16.9. The molecule has 1 aliphatic rings. The highest BCUT2D eigenvalue weighted by Gasteiger charge is 2.19. The maximum atomic E-state index is 12.3. The highest BCUT2D eigenvalue weighted by Crippen LogP contribution is 2.33. The molecule has 0 aliphatic carbocycles. The van der Waals surface area contributed by atoms with Crippen LogP contribution in [0.25, 0.3) is 0 Å². The van der Waals surface area contributed by atoms with Crippen molar-refractivity contribution in [2.24, 2.45) is 5.10 Å². The number of methoxy groups -OCH3 is 3. The van der Waals surface area contributed by atoms with Crippen molar-refractivity contribution < 1.29 is 19.0 Å². The smallest absolute Gasteiger partial charge is 0.254 e. The van der Waals surface area contributed by atoms with Crippen LogP contribution in [0.1, 0.15) is 16.7 Å². The number of carbonyl (C=O) groups is 1. The summed E-state index contributed by atoms with van der Waals surface area (Å²) in [6.07, 6.45) is 1.54. The average Bonchev–Trinajstić information content (AvgIpc) is 2.81. The van der Waals surface area contributed by atoms with Gasteiger partial charge in [0.1, 0.15) is 5.75 Å². The van der Waals surface area contributed by atoms with E-state index < -0.39 is 0 Å². The van der Waals surface area contributed by atoms with Crippen molar-refractivity contribution in [1.29, 1.82) is 0 Å². The molecular weight excluding hydrogens is 408 g/mol. The third-order valence-corrected chi connectivity index (χ3v) is 5.49. The van der Waals surface area contributed by atoms with Gasteiger partial charge in [0.05, 0.1) is 34.1 Å². The summed E-state index contributed by atoms with van der Waals surface area (Å²) < 4.78 is 16.0. The first-order valence-corrected chi connectivity index (χ1v) is 10.6. The summed E-state index contributed by atoms with van der Waals surface area (Å²) >= 11 is 0. The molecule has 0 spiro atoms. The van der Waals surface area contributed by atoms with E-state index in [0.717, 1.165) is 32.7 Å². The van der Waals surface area contributed by atoms with E-state index >= 15 is 0 Å². The Bertz CT molecular complexity index is 922. The lowest BCUT2D eigenvalue weighted by Gasteiger charge is -2.34. The standard InChI is InChI=1S/C24H32N4O4/c1-18-5-7-19(8-6-18)16-27-9-11-28(12-10-27)17-24(29)26-25-15-20-13-22(31-3)23(32-4)14-21(20)30-2/h5-8,13-15H,9-12,16-17H2,1-4H3,(H,26,29). The Morgan fingerprint density at radius 1 is 0.938 bits per heavy atom. The second-order valence-corrected chi connectivity index (χ2v) is 7.78. The lowest BCUT2D eigenvalue weighted by atomic mass is 10.1. The number of hydrazone groups is 1. The van der Waals surface area contributed by atoms with Crippen LogP contribution in [0.3, 0.4) is 0 Å². The molecule has 2 aromatic carbocycles. The van der Waals surface area contributed by atoms with Crippen molar-refractivity contribution in [2.75, 3.05) is 54.1 Å². The SMILES string of the molecule is COc1cc(OC)c(OC)cc1C=NNC(=O)CN1CCN(Cc2ccc(C)cc2)CC1. The second-order valence-electron chi connectivity index (χ2n) is 7.78. The van der Waals surface area contributed by atoms with Crippen LogP contribution < -0.4 is 19.6 Å². The molecule has 3 rings (SSSR count). The normalized spacial score (nSPS) is 15.0. The number of nitrogens with zero attached hydrogens (tertiary/aromatic N) is 3. The van der Waals surface area contributed by atoms with Gasteiger partial charge in [0, 0.05) is 44.4 Å². The van der Waals surface area contributed by atoms with Gasteiger partial charge in [0.25, 0.3) is 5.91 Å². The maximum absolute atomic E-state index is 12.3. The number of rotatable bonds is 9. The van der Waals surface area contributed by atoms with Crippen molar-refractivity contribution in [3.05, 3.63) is 53.1 Å². The number of nitrogens with one attached hydrogen (secondary N) is 1. The molecule has 8 heteroatoms. The predicted octanol–water partition coefficient (Wildman–Crippen LogP) is 2.29. The third-order valence-electron chi connectivity index (χ3n) is 5.49.